The quantitative estimate of drug-likeness (QED) is 0.383. The van der Waals surface area contributed by atoms with Gasteiger partial charge in [-0.05, 0) is 44.6 Å². The van der Waals surface area contributed by atoms with E-state index in [9.17, 15) is 9.90 Å². The van der Waals surface area contributed by atoms with Gasteiger partial charge in [0.2, 0.25) is 0 Å². The minimum Gasteiger partial charge on any atom is -0.394 e. The van der Waals surface area contributed by atoms with Crippen LogP contribution in [-0.2, 0) is 0 Å². The van der Waals surface area contributed by atoms with E-state index in [1.165, 1.54) is 11.3 Å². The van der Waals surface area contributed by atoms with Gasteiger partial charge in [-0.3, -0.25) is 9.69 Å². The van der Waals surface area contributed by atoms with Crippen LogP contribution in [-0.4, -0.2) is 68.7 Å². The van der Waals surface area contributed by atoms with Gasteiger partial charge in [0.25, 0.3) is 5.91 Å². The molecule has 1 saturated heterocycles. The third kappa shape index (κ3) is 4.39. The predicted molar refractivity (Wildman–Crippen MR) is 132 cm³/mol. The molecule has 5 rings (SSSR count). The minimum atomic E-state index is -0.705. The van der Waals surface area contributed by atoms with Crippen molar-refractivity contribution in [2.24, 2.45) is 11.8 Å². The Morgan fingerprint density at radius 1 is 1.32 bits per heavy atom. The minimum absolute atomic E-state index is 0.149. The van der Waals surface area contributed by atoms with Crippen molar-refractivity contribution in [3.8, 4) is 16.6 Å². The Morgan fingerprint density at radius 2 is 2.09 bits per heavy atom. The number of carbonyl (C=O) groups excluding carboxylic acids is 1. The lowest BCUT2D eigenvalue weighted by atomic mass is 10.0. The maximum absolute atomic E-state index is 12.7. The molecule has 4 N–H and O–H groups in total. The van der Waals surface area contributed by atoms with Gasteiger partial charge in [0, 0.05) is 36.9 Å². The summed E-state index contributed by atoms with van der Waals surface area (Å²) in [4.78, 5) is 27.7. The molecule has 3 atom stereocenters. The van der Waals surface area contributed by atoms with Crippen molar-refractivity contribution in [1.29, 1.82) is 5.26 Å². The van der Waals surface area contributed by atoms with E-state index >= 15 is 0 Å². The number of aromatic nitrogens is 3. The molecule has 1 amide bonds. The monoisotopic (exact) mass is 479 g/mol. The topological polar surface area (TPSA) is 130 Å². The Kier molecular flexibility index (Phi) is 6.02. The molecule has 9 nitrogen and oxygen atoms in total. The summed E-state index contributed by atoms with van der Waals surface area (Å²) in [5, 5.41) is 26.8. The molecular formula is C24H29N7O2S. The van der Waals surface area contributed by atoms with Crippen LogP contribution in [0, 0.1) is 23.2 Å². The summed E-state index contributed by atoms with van der Waals surface area (Å²) >= 11 is 1.32. The van der Waals surface area contributed by atoms with E-state index in [1.54, 1.807) is 20.0 Å². The van der Waals surface area contributed by atoms with Gasteiger partial charge in [-0.1, -0.05) is 0 Å². The van der Waals surface area contributed by atoms with Crippen molar-refractivity contribution < 1.29 is 9.90 Å². The highest BCUT2D eigenvalue weighted by molar-refractivity contribution is 7.17. The molecule has 0 bridgehead atoms. The maximum atomic E-state index is 12.7. The van der Waals surface area contributed by atoms with E-state index in [0.717, 1.165) is 53.2 Å². The third-order valence-electron chi connectivity index (χ3n) is 6.86. The van der Waals surface area contributed by atoms with Crippen molar-refractivity contribution in [3.05, 3.63) is 29.5 Å². The molecule has 2 aliphatic rings. The van der Waals surface area contributed by atoms with Crippen LogP contribution in [0.5, 0.6) is 0 Å². The summed E-state index contributed by atoms with van der Waals surface area (Å²) in [6.45, 7) is 5.90. The molecule has 1 saturated carbocycles. The van der Waals surface area contributed by atoms with Crippen molar-refractivity contribution in [1.82, 2.24) is 25.2 Å². The SMILES string of the molecule is CC(C)(CO)NC(=O)c1cnc(-c2cnc3[nH]ccc3c2NC2C[C@@H]3CN(CC#N)C[C@@H]3C2)s1. The molecule has 10 heteroatoms. The number of nitrogens with one attached hydrogen (secondary N) is 3. The number of aliphatic hydroxyl groups is 1. The van der Waals surface area contributed by atoms with Gasteiger partial charge in [-0.15, -0.1) is 11.3 Å². The van der Waals surface area contributed by atoms with Crippen molar-refractivity contribution in [3.63, 3.8) is 0 Å². The molecule has 0 radical (unpaired) electrons. The van der Waals surface area contributed by atoms with E-state index < -0.39 is 5.54 Å². The molecule has 3 aromatic rings. The van der Waals surface area contributed by atoms with E-state index in [2.05, 4.69) is 36.6 Å². The number of fused-ring (bicyclic) bond motifs is 2. The van der Waals surface area contributed by atoms with E-state index in [0.29, 0.717) is 29.3 Å². The smallest absolute Gasteiger partial charge is 0.263 e. The Labute approximate surface area is 202 Å². The molecule has 1 aliphatic carbocycles. The average Bonchev–Trinajstić information content (AvgIpc) is 3.57. The molecule has 178 valence electrons. The van der Waals surface area contributed by atoms with Gasteiger partial charge in [0.05, 0.1) is 42.2 Å². The fourth-order valence-electron chi connectivity index (χ4n) is 5.19. The van der Waals surface area contributed by atoms with Crippen LogP contribution >= 0.6 is 11.3 Å². The third-order valence-corrected chi connectivity index (χ3v) is 7.89. The molecule has 4 heterocycles. The number of thiazole rings is 1. The second-order valence-electron chi connectivity index (χ2n) is 10.00. The number of aliphatic hydroxyl groups excluding tert-OH is 1. The Morgan fingerprint density at radius 3 is 2.79 bits per heavy atom. The first-order valence-corrected chi connectivity index (χ1v) is 12.4. The lowest BCUT2D eigenvalue weighted by Crippen LogP contribution is -2.46. The fourth-order valence-corrected chi connectivity index (χ4v) is 6.01. The predicted octanol–water partition coefficient (Wildman–Crippen LogP) is 2.83. The Bertz CT molecular complexity index is 1230. The molecule has 34 heavy (non-hydrogen) atoms. The first-order chi connectivity index (χ1) is 16.4. The number of H-pyrrole nitrogens is 1. The first kappa shape index (κ1) is 22.8. The van der Waals surface area contributed by atoms with Crippen LogP contribution in [0.1, 0.15) is 36.4 Å². The molecule has 0 aromatic carbocycles. The summed E-state index contributed by atoms with van der Waals surface area (Å²) < 4.78 is 0. The number of carbonyl (C=O) groups is 1. The van der Waals surface area contributed by atoms with Gasteiger partial charge >= 0.3 is 0 Å². The van der Waals surface area contributed by atoms with Crippen molar-refractivity contribution in [2.45, 2.75) is 38.3 Å². The van der Waals surface area contributed by atoms with Crippen LogP contribution in [0.3, 0.4) is 0 Å². The number of hydrogen-bond acceptors (Lipinski definition) is 8. The molecule has 1 aliphatic heterocycles. The largest absolute Gasteiger partial charge is 0.394 e. The van der Waals surface area contributed by atoms with Gasteiger partial charge in [-0.25, -0.2) is 9.97 Å². The van der Waals surface area contributed by atoms with Crippen LogP contribution < -0.4 is 10.6 Å². The lowest BCUT2D eigenvalue weighted by molar-refractivity contribution is 0.0873. The number of amides is 1. The fraction of sp³-hybridized carbons (Fsp3) is 0.500. The summed E-state index contributed by atoms with van der Waals surface area (Å²) in [5.41, 5.74) is 1.97. The first-order valence-electron chi connectivity index (χ1n) is 11.6. The lowest BCUT2D eigenvalue weighted by Gasteiger charge is -2.22. The zero-order valence-electron chi connectivity index (χ0n) is 19.3. The van der Waals surface area contributed by atoms with Crippen LogP contribution in [0.2, 0.25) is 0 Å². The highest BCUT2D eigenvalue weighted by atomic mass is 32.1. The Balaban J connectivity index is 1.39. The summed E-state index contributed by atoms with van der Waals surface area (Å²) in [7, 11) is 0. The number of rotatable bonds is 7. The van der Waals surface area contributed by atoms with E-state index in [-0.39, 0.29) is 12.5 Å². The van der Waals surface area contributed by atoms with Gasteiger partial charge < -0.3 is 20.7 Å². The highest BCUT2D eigenvalue weighted by Crippen LogP contribution is 2.42. The zero-order chi connectivity index (χ0) is 23.9. The standard InChI is InChI=1S/C24H29N7O2S/c1-24(2,13-32)30-22(33)19-10-28-23(34-19)18-9-27-21-17(3-5-26-21)20(18)29-16-7-14-11-31(6-4-25)12-15(14)8-16/h3,5,9-10,14-16,32H,6-8,11-13H2,1-2H3,(H,30,33)(H2,26,27,29)/t14-,15+,16?. The van der Waals surface area contributed by atoms with E-state index in [1.807, 2.05) is 18.5 Å². The highest BCUT2D eigenvalue weighted by Gasteiger charge is 2.41. The number of hydrogen-bond donors (Lipinski definition) is 4. The molecule has 2 fully saturated rings. The number of pyridine rings is 1. The zero-order valence-corrected chi connectivity index (χ0v) is 20.2. The Hall–Kier alpha value is -3.00. The maximum Gasteiger partial charge on any atom is 0.263 e. The summed E-state index contributed by atoms with van der Waals surface area (Å²) in [5.74, 6) is 0.976. The van der Waals surface area contributed by atoms with Gasteiger partial charge in [-0.2, -0.15) is 5.26 Å². The molecule has 1 unspecified atom stereocenters. The van der Waals surface area contributed by atoms with Crippen molar-refractivity contribution in [2.75, 3.05) is 31.6 Å². The second kappa shape index (κ2) is 8.98. The van der Waals surface area contributed by atoms with Crippen LogP contribution in [0.15, 0.2) is 24.7 Å². The molecule has 3 aromatic heterocycles. The van der Waals surface area contributed by atoms with Crippen LogP contribution in [0.4, 0.5) is 5.69 Å². The normalized spacial score (nSPS) is 22.6. The summed E-state index contributed by atoms with van der Waals surface area (Å²) in [6.07, 6.45) is 7.42. The number of likely N-dealkylation sites (tertiary alicyclic amines) is 1. The number of nitrogens with zero attached hydrogens (tertiary/aromatic N) is 4. The van der Waals surface area contributed by atoms with Crippen molar-refractivity contribution >= 4 is 34.0 Å². The molecule has 0 spiro atoms. The van der Waals surface area contributed by atoms with E-state index in [4.69, 9.17) is 5.26 Å². The summed E-state index contributed by atoms with van der Waals surface area (Å²) in [6, 6.07) is 4.63. The second-order valence-corrected chi connectivity index (χ2v) is 11.0. The number of aromatic amines is 1. The van der Waals surface area contributed by atoms with Crippen LogP contribution in [0.25, 0.3) is 21.6 Å². The van der Waals surface area contributed by atoms with Gasteiger partial charge in [0.1, 0.15) is 15.5 Å². The molecular weight excluding hydrogens is 450 g/mol. The van der Waals surface area contributed by atoms with Gasteiger partial charge in [0.15, 0.2) is 0 Å². The average molecular weight is 480 g/mol. The number of nitriles is 1. The number of anilines is 1.